The van der Waals surface area contributed by atoms with Crippen molar-refractivity contribution in [2.75, 3.05) is 9.80 Å². The molecule has 0 atom stereocenters. The molecule has 0 radical (unpaired) electrons. The lowest BCUT2D eigenvalue weighted by Gasteiger charge is -2.31. The number of allylic oxidation sites excluding steroid dienone is 4. The minimum atomic E-state index is 1.01. The summed E-state index contributed by atoms with van der Waals surface area (Å²) in [5, 5.41) is 10.0. The molecule has 0 N–H and O–H groups in total. The van der Waals surface area contributed by atoms with Crippen molar-refractivity contribution in [3.8, 4) is 22.3 Å². The van der Waals surface area contributed by atoms with Crippen molar-refractivity contribution >= 4 is 71.5 Å². The van der Waals surface area contributed by atoms with Crippen LogP contribution in [0.5, 0.6) is 0 Å². The molecule has 0 saturated carbocycles. The Bertz CT molecular complexity index is 3540. The molecular formula is C62H46N2. The lowest BCUT2D eigenvalue weighted by molar-refractivity contribution is 0.874. The van der Waals surface area contributed by atoms with E-state index in [1.54, 1.807) is 0 Å². The molecule has 2 aliphatic heterocycles. The molecule has 64 heavy (non-hydrogen) atoms. The highest BCUT2D eigenvalue weighted by Crippen LogP contribution is 2.50. The van der Waals surface area contributed by atoms with E-state index in [4.69, 9.17) is 0 Å². The summed E-state index contributed by atoms with van der Waals surface area (Å²) in [4.78, 5) is 5.13. The fraction of sp³-hybridized carbons (Fsp3) is 0.0968. The second-order valence-electron chi connectivity index (χ2n) is 17.8. The first-order chi connectivity index (χ1) is 31.7. The molecule has 0 amide bonds. The van der Waals surface area contributed by atoms with Gasteiger partial charge in [0.05, 0.1) is 0 Å². The zero-order valence-electron chi connectivity index (χ0n) is 35.8. The smallest absolute Gasteiger partial charge is 0.0493 e. The number of hydrogen-bond donors (Lipinski definition) is 0. The van der Waals surface area contributed by atoms with Crippen LogP contribution in [0.2, 0.25) is 0 Å². The maximum Gasteiger partial charge on any atom is 0.0493 e. The van der Waals surface area contributed by atoms with Gasteiger partial charge in [0.15, 0.2) is 0 Å². The van der Waals surface area contributed by atoms with Crippen LogP contribution in [0.15, 0.2) is 218 Å². The molecule has 0 bridgehead atoms. The van der Waals surface area contributed by atoms with Crippen LogP contribution in [0.3, 0.4) is 0 Å². The minimum absolute atomic E-state index is 1.01. The Hall–Kier alpha value is -7.68. The largest absolute Gasteiger partial charge is 0.314 e. The van der Waals surface area contributed by atoms with Gasteiger partial charge in [-0.2, -0.15) is 0 Å². The highest BCUT2D eigenvalue weighted by molar-refractivity contribution is 6.23. The third-order valence-electron chi connectivity index (χ3n) is 14.2. The number of fused-ring (bicyclic) bond motifs is 7. The molecule has 304 valence electrons. The van der Waals surface area contributed by atoms with Crippen LogP contribution >= 0.6 is 0 Å². The van der Waals surface area contributed by atoms with Gasteiger partial charge < -0.3 is 9.80 Å². The van der Waals surface area contributed by atoms with Gasteiger partial charge in [0.25, 0.3) is 0 Å². The molecule has 10 aromatic carbocycles. The molecule has 0 unspecified atom stereocenters. The normalized spacial score (nSPS) is 14.6. The average Bonchev–Trinajstić information content (AvgIpc) is 3.63. The van der Waals surface area contributed by atoms with Crippen molar-refractivity contribution in [1.82, 2.24) is 0 Å². The van der Waals surface area contributed by atoms with Gasteiger partial charge in [0.1, 0.15) is 0 Å². The van der Waals surface area contributed by atoms with Crippen LogP contribution in [0.25, 0.3) is 65.3 Å². The molecule has 2 heteroatoms. The first-order valence-corrected chi connectivity index (χ1v) is 23.0. The Labute approximate surface area is 374 Å². The predicted molar refractivity (Wildman–Crippen MR) is 272 cm³/mol. The van der Waals surface area contributed by atoms with E-state index in [2.05, 4.69) is 216 Å². The quantitative estimate of drug-likeness (QED) is 0.163. The van der Waals surface area contributed by atoms with E-state index < -0.39 is 0 Å². The van der Waals surface area contributed by atoms with E-state index in [1.165, 1.54) is 122 Å². The second-order valence-corrected chi connectivity index (χ2v) is 17.8. The van der Waals surface area contributed by atoms with Gasteiger partial charge in [0.2, 0.25) is 0 Å². The molecule has 1 aliphatic carbocycles. The van der Waals surface area contributed by atoms with Crippen molar-refractivity contribution in [2.24, 2.45) is 0 Å². The maximum atomic E-state index is 2.60. The molecule has 13 rings (SSSR count). The number of nitrogens with zero attached hydrogens (tertiary/aromatic N) is 2. The summed E-state index contributed by atoms with van der Waals surface area (Å²) in [5.74, 6) is 0. The molecule has 2 nitrogen and oxygen atoms in total. The van der Waals surface area contributed by atoms with Crippen LogP contribution in [0.1, 0.15) is 36.0 Å². The summed E-state index contributed by atoms with van der Waals surface area (Å²) in [5.41, 5.74) is 18.2. The molecular weight excluding hydrogens is 773 g/mol. The Balaban J connectivity index is 1.16. The van der Waals surface area contributed by atoms with Crippen LogP contribution < -0.4 is 9.80 Å². The summed E-state index contributed by atoms with van der Waals surface area (Å²) < 4.78 is 0. The zero-order chi connectivity index (χ0) is 42.1. The summed E-state index contributed by atoms with van der Waals surface area (Å²) in [6, 6.07) is 73.4. The number of hydrogen-bond acceptors (Lipinski definition) is 2. The minimum Gasteiger partial charge on any atom is -0.314 e. The number of aryl methyl sites for hydroxylation is 3. The summed E-state index contributed by atoms with van der Waals surface area (Å²) >= 11 is 0. The van der Waals surface area contributed by atoms with E-state index in [1.807, 2.05) is 0 Å². The van der Waals surface area contributed by atoms with E-state index in [-0.39, 0.29) is 0 Å². The first kappa shape index (κ1) is 36.9. The number of benzene rings is 10. The van der Waals surface area contributed by atoms with Gasteiger partial charge in [-0.3, -0.25) is 0 Å². The third-order valence-corrected chi connectivity index (χ3v) is 14.2. The van der Waals surface area contributed by atoms with E-state index in [0.29, 0.717) is 0 Å². The van der Waals surface area contributed by atoms with Crippen LogP contribution in [-0.4, -0.2) is 0 Å². The topological polar surface area (TPSA) is 6.48 Å². The SMILES string of the molecule is C1=CC2=C(CC1)N(c1ccc3c(-c4ccc5ccccc5c4)c4ccc(N5c6ccccc6CCc6ccccc65)cc4c(-c4ccc5ccccc5c4)c3c1)c1ccccc1CC2. The fourth-order valence-electron chi connectivity index (χ4n) is 11.2. The van der Waals surface area contributed by atoms with Gasteiger partial charge in [-0.15, -0.1) is 0 Å². The molecule has 10 aromatic rings. The van der Waals surface area contributed by atoms with Gasteiger partial charge in [-0.05, 0) is 181 Å². The van der Waals surface area contributed by atoms with Crippen LogP contribution in [0.4, 0.5) is 28.4 Å². The summed E-state index contributed by atoms with van der Waals surface area (Å²) in [6.07, 6.45) is 10.9. The molecule has 3 aliphatic rings. The fourth-order valence-corrected chi connectivity index (χ4v) is 11.2. The van der Waals surface area contributed by atoms with Gasteiger partial charge in [-0.25, -0.2) is 0 Å². The predicted octanol–water partition coefficient (Wildman–Crippen LogP) is 16.9. The molecule has 0 saturated heterocycles. The number of anilines is 5. The van der Waals surface area contributed by atoms with Crippen molar-refractivity contribution in [3.05, 3.63) is 234 Å². The first-order valence-electron chi connectivity index (χ1n) is 23.0. The Morgan fingerprint density at radius 1 is 0.328 bits per heavy atom. The van der Waals surface area contributed by atoms with E-state index in [0.717, 1.165) is 38.5 Å². The van der Waals surface area contributed by atoms with Gasteiger partial charge in [0, 0.05) is 34.1 Å². The van der Waals surface area contributed by atoms with Crippen LogP contribution in [0, 0.1) is 0 Å². The molecule has 2 heterocycles. The van der Waals surface area contributed by atoms with Crippen molar-refractivity contribution in [1.29, 1.82) is 0 Å². The van der Waals surface area contributed by atoms with Crippen molar-refractivity contribution in [2.45, 2.75) is 38.5 Å². The molecule has 0 fully saturated rings. The lowest BCUT2D eigenvalue weighted by Crippen LogP contribution is -2.19. The monoisotopic (exact) mass is 818 g/mol. The van der Waals surface area contributed by atoms with Crippen LogP contribution in [-0.2, 0) is 19.3 Å². The molecule has 0 aromatic heterocycles. The van der Waals surface area contributed by atoms with Gasteiger partial charge >= 0.3 is 0 Å². The maximum absolute atomic E-state index is 2.60. The molecule has 0 spiro atoms. The van der Waals surface area contributed by atoms with Crippen molar-refractivity contribution < 1.29 is 0 Å². The number of rotatable bonds is 4. The summed E-state index contributed by atoms with van der Waals surface area (Å²) in [7, 11) is 0. The summed E-state index contributed by atoms with van der Waals surface area (Å²) in [6.45, 7) is 0. The second kappa shape index (κ2) is 15.0. The Kier molecular flexibility index (Phi) is 8.65. The zero-order valence-corrected chi connectivity index (χ0v) is 35.8. The van der Waals surface area contributed by atoms with Gasteiger partial charge in [-0.1, -0.05) is 152 Å². The number of para-hydroxylation sites is 3. The third kappa shape index (κ3) is 6.01. The van der Waals surface area contributed by atoms with Crippen molar-refractivity contribution in [3.63, 3.8) is 0 Å². The van der Waals surface area contributed by atoms with E-state index >= 15 is 0 Å². The lowest BCUT2D eigenvalue weighted by atomic mass is 9.84. The highest BCUT2D eigenvalue weighted by atomic mass is 15.2. The highest BCUT2D eigenvalue weighted by Gasteiger charge is 2.28. The van der Waals surface area contributed by atoms with E-state index in [9.17, 15) is 0 Å². The Morgan fingerprint density at radius 2 is 0.781 bits per heavy atom. The Morgan fingerprint density at radius 3 is 1.34 bits per heavy atom. The standard InChI is InChI=1S/C62H46N2/c1-3-19-47-37-49(31-25-41(47)13-1)61-53-35-33-51(63-57-21-9-5-15-43(57)27-28-44-16-6-10-22-58(44)63)39-55(53)62(50-32-26-42-14-2-4-20-48(42)38-50)56-40-52(34-36-54(56)61)64-59-23-11-7-17-45(59)29-30-46-18-8-12-24-60(46)64/h1-11,13-23,25-26,31-40H,12,24,27-30H2. The average molecular weight is 819 g/mol.